The molecule has 6 atom stereocenters. The fraction of sp³-hybridized carbons (Fsp3) is 0.657. The Morgan fingerprint density at radius 2 is 1.75 bits per heavy atom. The van der Waals surface area contributed by atoms with Gasteiger partial charge in [0.2, 0.25) is 5.91 Å². The van der Waals surface area contributed by atoms with Gasteiger partial charge in [-0.25, -0.2) is 10.2 Å². The second-order valence-corrected chi connectivity index (χ2v) is 13.2. The van der Waals surface area contributed by atoms with Crippen LogP contribution in [0.4, 0.5) is 0 Å². The molecule has 9 nitrogen and oxygen atoms in total. The molecule has 2 unspecified atom stereocenters. The molecule has 2 amide bonds. The summed E-state index contributed by atoms with van der Waals surface area (Å²) in [5.41, 5.74) is 2.98. The number of carbonyl (C=O) groups excluding carboxylic acids is 4. The van der Waals surface area contributed by atoms with Crippen molar-refractivity contribution in [2.24, 2.45) is 23.7 Å². The Bertz CT molecular complexity index is 1140. The van der Waals surface area contributed by atoms with Crippen molar-refractivity contribution >= 4 is 23.6 Å². The van der Waals surface area contributed by atoms with Gasteiger partial charge < -0.3 is 15.2 Å². The van der Waals surface area contributed by atoms with E-state index >= 15 is 0 Å². The third-order valence-corrected chi connectivity index (χ3v) is 9.14. The van der Waals surface area contributed by atoms with Crippen LogP contribution >= 0.6 is 0 Å². The third-order valence-electron chi connectivity index (χ3n) is 9.14. The minimum absolute atomic E-state index is 0.00712. The molecular formula is C35H53N3O6. The van der Waals surface area contributed by atoms with Gasteiger partial charge in [0.25, 0.3) is 5.91 Å². The molecule has 44 heavy (non-hydrogen) atoms. The summed E-state index contributed by atoms with van der Waals surface area (Å²) < 4.78 is 5.62. The zero-order valence-corrected chi connectivity index (χ0v) is 27.2. The van der Waals surface area contributed by atoms with Crippen LogP contribution < -0.4 is 10.7 Å². The quantitative estimate of drug-likeness (QED) is 0.339. The van der Waals surface area contributed by atoms with Crippen molar-refractivity contribution in [3.05, 3.63) is 48.0 Å². The molecule has 3 N–H and O–H groups in total. The third kappa shape index (κ3) is 9.99. The summed E-state index contributed by atoms with van der Waals surface area (Å²) in [7, 11) is 0. The standard InChI is InChI=1S/C35H53N3O6/c1-24(2)28-18-19-30(39)26(4)31(40)25(3)15-10-7-6-8-13-22-44-34(43)35(5)20-14-21-38(37-35)33(42)29(36-32(28)41)23-27-16-11-9-12-17-27/h7,9-12,16-17,24-26,28-30,37,39H,6,8,13-15,18-23H2,1-5H3,(H,36,41)/b10-7+/t25-,26-,28-,29-,30?,35?/m0/s1. The first-order valence-electron chi connectivity index (χ1n) is 16.4. The fourth-order valence-corrected chi connectivity index (χ4v) is 6.06. The van der Waals surface area contributed by atoms with Crippen LogP contribution in [0.2, 0.25) is 0 Å². The van der Waals surface area contributed by atoms with E-state index in [9.17, 15) is 24.3 Å². The van der Waals surface area contributed by atoms with Crippen LogP contribution in [0.3, 0.4) is 0 Å². The maximum atomic E-state index is 14.0. The Morgan fingerprint density at radius 3 is 2.45 bits per heavy atom. The molecule has 0 saturated carbocycles. The van der Waals surface area contributed by atoms with Crippen molar-refractivity contribution < 1.29 is 29.0 Å². The summed E-state index contributed by atoms with van der Waals surface area (Å²) in [6.07, 6.45) is 8.27. The van der Waals surface area contributed by atoms with Crippen LogP contribution in [0.1, 0.15) is 91.5 Å². The summed E-state index contributed by atoms with van der Waals surface area (Å²) in [6.45, 7) is 9.98. The lowest BCUT2D eigenvalue weighted by atomic mass is 9.83. The van der Waals surface area contributed by atoms with Gasteiger partial charge in [0, 0.05) is 30.7 Å². The first-order valence-corrected chi connectivity index (χ1v) is 16.4. The summed E-state index contributed by atoms with van der Waals surface area (Å²) in [6, 6.07) is 8.65. The van der Waals surface area contributed by atoms with E-state index in [-0.39, 0.29) is 42.5 Å². The molecule has 0 aliphatic carbocycles. The van der Waals surface area contributed by atoms with Gasteiger partial charge >= 0.3 is 5.97 Å². The molecule has 2 aliphatic heterocycles. The summed E-state index contributed by atoms with van der Waals surface area (Å²) in [4.78, 5) is 53.9. The number of nitrogens with one attached hydrogen (secondary N) is 2. The van der Waals surface area contributed by atoms with Crippen molar-refractivity contribution in [3.8, 4) is 0 Å². The Balaban J connectivity index is 1.86. The van der Waals surface area contributed by atoms with Crippen LogP contribution in [0, 0.1) is 23.7 Å². The summed E-state index contributed by atoms with van der Waals surface area (Å²) >= 11 is 0. The lowest BCUT2D eigenvalue weighted by Crippen LogP contribution is -2.65. The molecule has 2 heterocycles. The first-order chi connectivity index (χ1) is 20.9. The SMILES string of the molecule is CC(C)[C@@H]1CCC(O)[C@H](C)C(=O)[C@@H](C)C/C=C/CCCCOC(=O)C2(C)CCCN(N2)C(=O)[C@H](Cc2ccccc2)NC1=O. The van der Waals surface area contributed by atoms with Gasteiger partial charge in [-0.15, -0.1) is 0 Å². The molecule has 1 aromatic rings. The number of nitrogens with zero attached hydrogens (tertiary/aromatic N) is 1. The Kier molecular flexibility index (Phi) is 13.6. The van der Waals surface area contributed by atoms with E-state index in [2.05, 4.69) is 10.7 Å². The zero-order chi connectivity index (χ0) is 32.3. The van der Waals surface area contributed by atoms with E-state index in [1.807, 2.05) is 63.3 Å². The molecule has 0 spiro atoms. The normalized spacial score (nSPS) is 31.7. The molecule has 1 aromatic carbocycles. The number of cyclic esters (lactones) is 1. The number of Topliss-reactive ketones (excluding diaryl/α,β-unsaturated/α-hetero) is 1. The predicted molar refractivity (Wildman–Crippen MR) is 170 cm³/mol. The van der Waals surface area contributed by atoms with Crippen molar-refractivity contribution in [1.29, 1.82) is 0 Å². The Morgan fingerprint density at radius 1 is 1.02 bits per heavy atom. The highest BCUT2D eigenvalue weighted by atomic mass is 16.5. The van der Waals surface area contributed by atoms with E-state index in [0.29, 0.717) is 45.1 Å². The predicted octanol–water partition coefficient (Wildman–Crippen LogP) is 4.53. The highest BCUT2D eigenvalue weighted by Gasteiger charge is 2.42. The van der Waals surface area contributed by atoms with Crippen LogP contribution in [-0.4, -0.2) is 64.5 Å². The van der Waals surface area contributed by atoms with Gasteiger partial charge in [-0.3, -0.25) is 19.4 Å². The van der Waals surface area contributed by atoms with Crippen LogP contribution in [0.15, 0.2) is 42.5 Å². The van der Waals surface area contributed by atoms with Crippen molar-refractivity contribution in [1.82, 2.24) is 15.8 Å². The van der Waals surface area contributed by atoms with E-state index < -0.39 is 35.5 Å². The van der Waals surface area contributed by atoms with Gasteiger partial charge in [0.15, 0.2) is 0 Å². The highest BCUT2D eigenvalue weighted by Crippen LogP contribution is 2.25. The maximum Gasteiger partial charge on any atom is 0.327 e. The molecule has 9 heteroatoms. The summed E-state index contributed by atoms with van der Waals surface area (Å²) in [5.74, 6) is -2.26. The first kappa shape index (κ1) is 35.4. The number of rotatable bonds is 3. The number of benzene rings is 1. The highest BCUT2D eigenvalue weighted by molar-refractivity contribution is 5.89. The number of aliphatic hydroxyl groups excluding tert-OH is 1. The number of amides is 2. The van der Waals surface area contributed by atoms with Crippen molar-refractivity contribution in [2.75, 3.05) is 13.2 Å². The Hall–Kier alpha value is -3.04. The lowest BCUT2D eigenvalue weighted by Gasteiger charge is -2.41. The van der Waals surface area contributed by atoms with Gasteiger partial charge in [-0.2, -0.15) is 0 Å². The van der Waals surface area contributed by atoms with Crippen molar-refractivity contribution in [2.45, 2.75) is 110 Å². The minimum Gasteiger partial charge on any atom is -0.464 e. The number of ketones is 1. The molecule has 244 valence electrons. The van der Waals surface area contributed by atoms with E-state index in [1.54, 1.807) is 13.8 Å². The lowest BCUT2D eigenvalue weighted by molar-refractivity contribution is -0.160. The average Bonchev–Trinajstić information content (AvgIpc) is 3.00. The number of carbonyl (C=O) groups is 4. The average molecular weight is 612 g/mol. The van der Waals surface area contributed by atoms with E-state index in [1.165, 1.54) is 5.01 Å². The number of aliphatic hydroxyl groups is 1. The maximum absolute atomic E-state index is 14.0. The largest absolute Gasteiger partial charge is 0.464 e. The van der Waals surface area contributed by atoms with Gasteiger partial charge in [-0.1, -0.05) is 70.2 Å². The number of ether oxygens (including phenoxy) is 1. The summed E-state index contributed by atoms with van der Waals surface area (Å²) in [5, 5.41) is 15.4. The molecule has 3 rings (SSSR count). The van der Waals surface area contributed by atoms with Crippen LogP contribution in [0.25, 0.3) is 0 Å². The van der Waals surface area contributed by atoms with Crippen LogP contribution in [0.5, 0.6) is 0 Å². The number of allylic oxidation sites excluding steroid dienone is 2. The van der Waals surface area contributed by atoms with E-state index in [4.69, 9.17) is 4.74 Å². The monoisotopic (exact) mass is 611 g/mol. The van der Waals surface area contributed by atoms with Crippen molar-refractivity contribution in [3.63, 3.8) is 0 Å². The molecule has 1 saturated heterocycles. The number of hydrogen-bond acceptors (Lipinski definition) is 7. The molecule has 0 aromatic heterocycles. The van der Waals surface area contributed by atoms with Gasteiger partial charge in [0.05, 0.1) is 12.7 Å². The van der Waals surface area contributed by atoms with Gasteiger partial charge in [-0.05, 0) is 69.8 Å². The Labute approximate surface area is 263 Å². The van der Waals surface area contributed by atoms with Crippen LogP contribution in [-0.2, 0) is 30.3 Å². The number of hydrazine groups is 1. The molecule has 2 aliphatic rings. The minimum atomic E-state index is -1.06. The second-order valence-electron chi connectivity index (χ2n) is 13.2. The number of fused-ring (bicyclic) bond motifs is 2. The molecule has 2 bridgehead atoms. The smallest absolute Gasteiger partial charge is 0.327 e. The number of hydrogen-bond donors (Lipinski definition) is 3. The zero-order valence-electron chi connectivity index (χ0n) is 27.2. The second kappa shape index (κ2) is 16.9. The van der Waals surface area contributed by atoms with E-state index in [0.717, 1.165) is 18.4 Å². The molecule has 1 fully saturated rings. The van der Waals surface area contributed by atoms with Gasteiger partial charge in [0.1, 0.15) is 17.4 Å². The molecule has 0 radical (unpaired) electrons. The molecular weight excluding hydrogens is 558 g/mol. The fourth-order valence-electron chi connectivity index (χ4n) is 6.06. The topological polar surface area (TPSA) is 125 Å². The number of esters is 1.